The number of pyridine rings is 1. The highest BCUT2D eigenvalue weighted by Gasteiger charge is 2.23. The summed E-state index contributed by atoms with van der Waals surface area (Å²) in [4.78, 5) is 4.17. The molecule has 0 atom stereocenters. The maximum absolute atomic E-state index is 12.2. The predicted molar refractivity (Wildman–Crippen MR) is 64.1 cm³/mol. The number of hydrogen-bond acceptors (Lipinski definition) is 3. The molecule has 1 rings (SSSR count). The van der Waals surface area contributed by atoms with Gasteiger partial charge in [-0.1, -0.05) is 25.4 Å². The van der Waals surface area contributed by atoms with Crippen molar-refractivity contribution in [2.45, 2.75) is 25.7 Å². The summed E-state index contributed by atoms with van der Waals surface area (Å²) in [6, 6.07) is 2.99. The van der Waals surface area contributed by atoms with Gasteiger partial charge in [-0.2, -0.15) is 4.31 Å². The van der Waals surface area contributed by atoms with Crippen LogP contribution in [-0.2, 0) is 10.0 Å². The molecule has 1 aromatic rings. The molecule has 16 heavy (non-hydrogen) atoms. The van der Waals surface area contributed by atoms with Crippen molar-refractivity contribution in [2.75, 3.05) is 13.1 Å². The maximum atomic E-state index is 12.2. The monoisotopic (exact) mass is 262 g/mol. The van der Waals surface area contributed by atoms with Gasteiger partial charge in [0.2, 0.25) is 10.0 Å². The van der Waals surface area contributed by atoms with Crippen molar-refractivity contribution in [3.05, 3.63) is 23.0 Å². The van der Waals surface area contributed by atoms with Crippen LogP contribution in [0.5, 0.6) is 0 Å². The molecule has 1 heterocycles. The Labute approximate surface area is 101 Å². The SMILES string of the molecule is CCN(CC)S(=O)(=O)c1ccc(Cl)nc1C. The Morgan fingerprint density at radius 1 is 1.31 bits per heavy atom. The highest BCUT2D eigenvalue weighted by atomic mass is 35.5. The molecule has 0 saturated heterocycles. The Morgan fingerprint density at radius 3 is 2.31 bits per heavy atom. The van der Waals surface area contributed by atoms with E-state index in [4.69, 9.17) is 11.6 Å². The highest BCUT2D eigenvalue weighted by molar-refractivity contribution is 7.89. The first-order valence-corrected chi connectivity index (χ1v) is 6.88. The second-order valence-corrected chi connectivity index (χ2v) is 5.60. The van der Waals surface area contributed by atoms with Crippen molar-refractivity contribution in [3.63, 3.8) is 0 Å². The first-order valence-electron chi connectivity index (χ1n) is 5.06. The van der Waals surface area contributed by atoms with Crippen LogP contribution in [0, 0.1) is 6.92 Å². The van der Waals surface area contributed by atoms with Crippen molar-refractivity contribution in [1.29, 1.82) is 0 Å². The maximum Gasteiger partial charge on any atom is 0.244 e. The van der Waals surface area contributed by atoms with Gasteiger partial charge in [-0.3, -0.25) is 0 Å². The summed E-state index contributed by atoms with van der Waals surface area (Å²) in [5.41, 5.74) is 0.430. The standard InChI is InChI=1S/C10H15ClN2O2S/c1-4-13(5-2)16(14,15)9-6-7-10(11)12-8(9)3/h6-7H,4-5H2,1-3H3. The molecule has 0 aromatic carbocycles. The third kappa shape index (κ3) is 2.53. The van der Waals surface area contributed by atoms with Gasteiger partial charge in [0.1, 0.15) is 10.0 Å². The Morgan fingerprint density at radius 2 is 1.88 bits per heavy atom. The molecule has 0 spiro atoms. The summed E-state index contributed by atoms with van der Waals surface area (Å²) in [5.74, 6) is 0. The molecule has 0 aliphatic carbocycles. The molecule has 90 valence electrons. The van der Waals surface area contributed by atoms with Crippen LogP contribution in [-0.4, -0.2) is 30.8 Å². The van der Waals surface area contributed by atoms with Crippen LogP contribution in [0.25, 0.3) is 0 Å². The van der Waals surface area contributed by atoms with E-state index in [-0.39, 0.29) is 4.90 Å². The van der Waals surface area contributed by atoms with Crippen molar-refractivity contribution in [2.24, 2.45) is 0 Å². The Balaban J connectivity index is 3.27. The minimum Gasteiger partial charge on any atom is -0.240 e. The summed E-state index contributed by atoms with van der Waals surface area (Å²) < 4.78 is 25.7. The average molecular weight is 263 g/mol. The fourth-order valence-electron chi connectivity index (χ4n) is 1.49. The highest BCUT2D eigenvalue weighted by Crippen LogP contribution is 2.20. The van der Waals surface area contributed by atoms with E-state index in [9.17, 15) is 8.42 Å². The van der Waals surface area contributed by atoms with E-state index in [1.165, 1.54) is 16.4 Å². The molecule has 0 radical (unpaired) electrons. The Hall–Kier alpha value is -0.650. The van der Waals surface area contributed by atoms with Crippen LogP contribution in [0.15, 0.2) is 17.0 Å². The Bertz CT molecular complexity index is 470. The minimum absolute atomic E-state index is 0.223. The van der Waals surface area contributed by atoms with Crippen LogP contribution in [0.4, 0.5) is 0 Å². The van der Waals surface area contributed by atoms with Gasteiger partial charge in [-0.15, -0.1) is 0 Å². The van der Waals surface area contributed by atoms with E-state index in [0.717, 1.165) is 0 Å². The lowest BCUT2D eigenvalue weighted by molar-refractivity contribution is 0.444. The summed E-state index contributed by atoms with van der Waals surface area (Å²) in [6.45, 7) is 6.14. The molecule has 1 aromatic heterocycles. The molecule has 0 N–H and O–H groups in total. The van der Waals surface area contributed by atoms with Gasteiger partial charge in [0.05, 0.1) is 5.69 Å². The summed E-state index contributed by atoms with van der Waals surface area (Å²) >= 11 is 5.69. The molecule has 0 aliphatic rings. The van der Waals surface area contributed by atoms with Crippen LogP contribution in [0.2, 0.25) is 5.15 Å². The number of aryl methyl sites for hydroxylation is 1. The molecule has 0 saturated carbocycles. The third-order valence-corrected chi connectivity index (χ3v) is 4.72. The summed E-state index contributed by atoms with van der Waals surface area (Å²) in [7, 11) is -3.44. The van der Waals surface area contributed by atoms with E-state index < -0.39 is 10.0 Å². The van der Waals surface area contributed by atoms with Crippen LogP contribution in [0.3, 0.4) is 0 Å². The molecular weight excluding hydrogens is 248 g/mol. The molecule has 0 bridgehead atoms. The number of sulfonamides is 1. The second kappa shape index (κ2) is 5.12. The predicted octanol–water partition coefficient (Wildman–Crippen LogP) is 2.07. The van der Waals surface area contributed by atoms with Crippen molar-refractivity contribution < 1.29 is 8.42 Å². The number of hydrogen-bond donors (Lipinski definition) is 0. The van der Waals surface area contributed by atoms with E-state index >= 15 is 0 Å². The number of halogens is 1. The van der Waals surface area contributed by atoms with Crippen LogP contribution in [0.1, 0.15) is 19.5 Å². The average Bonchev–Trinajstić information content (AvgIpc) is 2.18. The normalized spacial score (nSPS) is 12.1. The molecule has 4 nitrogen and oxygen atoms in total. The first-order chi connectivity index (χ1) is 7.43. The van der Waals surface area contributed by atoms with E-state index in [0.29, 0.717) is 23.9 Å². The summed E-state index contributed by atoms with van der Waals surface area (Å²) in [5, 5.41) is 0.302. The van der Waals surface area contributed by atoms with Crippen molar-refractivity contribution in [3.8, 4) is 0 Å². The van der Waals surface area contributed by atoms with Gasteiger partial charge in [0, 0.05) is 13.1 Å². The number of rotatable bonds is 4. The van der Waals surface area contributed by atoms with Crippen LogP contribution < -0.4 is 0 Å². The first kappa shape index (κ1) is 13.4. The molecule has 0 fully saturated rings. The fraction of sp³-hybridized carbons (Fsp3) is 0.500. The van der Waals surface area contributed by atoms with Gasteiger partial charge >= 0.3 is 0 Å². The Kier molecular flexibility index (Phi) is 4.29. The molecule has 0 amide bonds. The molecule has 0 aliphatic heterocycles. The molecule has 6 heteroatoms. The van der Waals surface area contributed by atoms with Crippen LogP contribution >= 0.6 is 11.6 Å². The number of nitrogens with zero attached hydrogens (tertiary/aromatic N) is 2. The quantitative estimate of drug-likeness (QED) is 0.781. The lowest BCUT2D eigenvalue weighted by Gasteiger charge is -2.19. The second-order valence-electron chi connectivity index (χ2n) is 3.31. The van der Waals surface area contributed by atoms with Gasteiger partial charge in [0.15, 0.2) is 0 Å². The number of aromatic nitrogens is 1. The van der Waals surface area contributed by atoms with E-state index in [1.54, 1.807) is 20.8 Å². The zero-order valence-electron chi connectivity index (χ0n) is 9.57. The largest absolute Gasteiger partial charge is 0.244 e. The lowest BCUT2D eigenvalue weighted by Crippen LogP contribution is -2.31. The zero-order chi connectivity index (χ0) is 12.3. The van der Waals surface area contributed by atoms with Gasteiger partial charge in [-0.05, 0) is 19.1 Å². The van der Waals surface area contributed by atoms with E-state index in [1.807, 2.05) is 0 Å². The molecular formula is C10H15ClN2O2S. The van der Waals surface area contributed by atoms with Crippen molar-refractivity contribution in [1.82, 2.24) is 9.29 Å². The summed E-state index contributed by atoms with van der Waals surface area (Å²) in [6.07, 6.45) is 0. The molecule has 0 unspecified atom stereocenters. The fourth-order valence-corrected chi connectivity index (χ4v) is 3.30. The van der Waals surface area contributed by atoms with E-state index in [2.05, 4.69) is 4.98 Å². The topological polar surface area (TPSA) is 50.3 Å². The van der Waals surface area contributed by atoms with Crippen molar-refractivity contribution >= 4 is 21.6 Å². The van der Waals surface area contributed by atoms with Gasteiger partial charge in [0.25, 0.3) is 0 Å². The van der Waals surface area contributed by atoms with Gasteiger partial charge in [-0.25, -0.2) is 13.4 Å². The lowest BCUT2D eigenvalue weighted by atomic mass is 10.4. The third-order valence-electron chi connectivity index (χ3n) is 2.33. The smallest absolute Gasteiger partial charge is 0.240 e. The van der Waals surface area contributed by atoms with Gasteiger partial charge < -0.3 is 0 Å². The minimum atomic E-state index is -3.44. The zero-order valence-corrected chi connectivity index (χ0v) is 11.1.